The molecule has 0 heterocycles. The first kappa shape index (κ1) is 20.0. The predicted octanol–water partition coefficient (Wildman–Crippen LogP) is 3.21. The second kappa shape index (κ2) is 9.27. The molecule has 2 aromatic rings. The zero-order valence-electron chi connectivity index (χ0n) is 14.1. The monoisotopic (exact) mass is 438 g/mol. The van der Waals surface area contributed by atoms with Gasteiger partial charge in [0.15, 0.2) is 5.96 Å². The molecule has 0 fully saturated rings. The summed E-state index contributed by atoms with van der Waals surface area (Å²) < 4.78 is 0. The van der Waals surface area contributed by atoms with Gasteiger partial charge in [-0.1, -0.05) is 18.2 Å². The van der Waals surface area contributed by atoms with Crippen molar-refractivity contribution in [3.8, 4) is 0 Å². The maximum absolute atomic E-state index is 11.5. The molecule has 24 heavy (non-hydrogen) atoms. The number of hydrogen-bond donors (Lipinski definition) is 3. The van der Waals surface area contributed by atoms with Gasteiger partial charge < -0.3 is 16.4 Å². The Kier molecular flexibility index (Phi) is 7.70. The second-order valence-electron chi connectivity index (χ2n) is 5.48. The lowest BCUT2D eigenvalue weighted by Gasteiger charge is -2.08. The van der Waals surface area contributed by atoms with Crippen molar-refractivity contribution in [3.63, 3.8) is 0 Å². The number of guanidine groups is 1. The number of benzene rings is 2. The molecule has 0 saturated carbocycles. The first-order valence-corrected chi connectivity index (χ1v) is 7.44. The van der Waals surface area contributed by atoms with Crippen LogP contribution in [0.25, 0.3) is 0 Å². The molecule has 1 amide bonds. The van der Waals surface area contributed by atoms with E-state index < -0.39 is 0 Å². The molecule has 2 rings (SSSR count). The minimum Gasteiger partial charge on any atom is -0.370 e. The second-order valence-corrected chi connectivity index (χ2v) is 5.48. The molecule has 6 heteroatoms. The molecule has 0 aliphatic rings. The molecule has 0 bridgehead atoms. The van der Waals surface area contributed by atoms with Crippen LogP contribution < -0.4 is 16.4 Å². The van der Waals surface area contributed by atoms with Gasteiger partial charge in [-0.15, -0.1) is 24.0 Å². The van der Waals surface area contributed by atoms with E-state index in [2.05, 4.69) is 21.7 Å². The summed E-state index contributed by atoms with van der Waals surface area (Å²) in [5, 5.41) is 5.69. The van der Waals surface area contributed by atoms with Gasteiger partial charge in [-0.05, 0) is 54.8 Å². The van der Waals surface area contributed by atoms with E-state index in [1.807, 2.05) is 38.1 Å². The molecule has 0 radical (unpaired) electrons. The lowest BCUT2D eigenvalue weighted by Crippen LogP contribution is -2.22. The van der Waals surface area contributed by atoms with Crippen LogP contribution in [0.2, 0.25) is 0 Å². The van der Waals surface area contributed by atoms with Gasteiger partial charge >= 0.3 is 0 Å². The number of carbonyl (C=O) groups excluding carboxylic acids is 1. The normalized spacial score (nSPS) is 10.7. The Balaban J connectivity index is 0.00000288. The van der Waals surface area contributed by atoms with Gasteiger partial charge in [0, 0.05) is 18.3 Å². The van der Waals surface area contributed by atoms with Crippen molar-refractivity contribution >= 4 is 41.5 Å². The highest BCUT2D eigenvalue weighted by Gasteiger charge is 2.02. The van der Waals surface area contributed by atoms with Crippen molar-refractivity contribution in [2.24, 2.45) is 10.7 Å². The topological polar surface area (TPSA) is 79.5 Å². The Morgan fingerprint density at radius 3 is 2.21 bits per heavy atom. The first-order valence-electron chi connectivity index (χ1n) is 7.44. The fraction of sp³-hybridized carbons (Fsp3) is 0.222. The van der Waals surface area contributed by atoms with Crippen LogP contribution in [-0.4, -0.2) is 18.9 Å². The molecule has 0 aliphatic carbocycles. The Bertz CT molecular complexity index is 706. The van der Waals surface area contributed by atoms with E-state index in [1.165, 1.54) is 11.1 Å². The lowest BCUT2D eigenvalue weighted by atomic mass is 10.1. The van der Waals surface area contributed by atoms with Crippen molar-refractivity contribution in [1.82, 2.24) is 5.32 Å². The summed E-state index contributed by atoms with van der Waals surface area (Å²) in [6, 6.07) is 13.4. The Labute approximate surface area is 159 Å². The van der Waals surface area contributed by atoms with Crippen LogP contribution >= 0.6 is 24.0 Å². The number of aliphatic imine (C=N–C) groups is 1. The van der Waals surface area contributed by atoms with Gasteiger partial charge in [-0.3, -0.25) is 4.79 Å². The fourth-order valence-corrected chi connectivity index (χ4v) is 2.32. The molecule has 2 aromatic carbocycles. The number of aryl methyl sites for hydroxylation is 2. The standard InChI is InChI=1S/C18H22N4O.HI/c1-12-8-13(2)10-16(9-12)22-18(19)21-11-14-4-6-15(7-5-14)17(23)20-3;/h4-10H,11H2,1-3H3,(H,20,23)(H3,19,21,22);1H. The molecule has 0 unspecified atom stereocenters. The number of halogens is 1. The molecule has 128 valence electrons. The molecule has 0 atom stereocenters. The zero-order chi connectivity index (χ0) is 16.8. The summed E-state index contributed by atoms with van der Waals surface area (Å²) in [6.07, 6.45) is 0. The quantitative estimate of drug-likeness (QED) is 0.390. The summed E-state index contributed by atoms with van der Waals surface area (Å²) in [6.45, 7) is 4.54. The van der Waals surface area contributed by atoms with Crippen molar-refractivity contribution < 1.29 is 4.79 Å². The average Bonchev–Trinajstić information content (AvgIpc) is 2.51. The SMILES string of the molecule is CNC(=O)c1ccc(CN=C(N)Nc2cc(C)cc(C)c2)cc1.I. The zero-order valence-corrected chi connectivity index (χ0v) is 16.4. The third-order valence-corrected chi connectivity index (χ3v) is 3.37. The summed E-state index contributed by atoms with van der Waals surface area (Å²) in [4.78, 5) is 15.8. The predicted molar refractivity (Wildman–Crippen MR) is 110 cm³/mol. The largest absolute Gasteiger partial charge is 0.370 e. The maximum atomic E-state index is 11.5. The highest BCUT2D eigenvalue weighted by molar-refractivity contribution is 14.0. The highest BCUT2D eigenvalue weighted by atomic mass is 127. The number of carbonyl (C=O) groups is 1. The number of hydrogen-bond acceptors (Lipinski definition) is 2. The number of amides is 1. The Morgan fingerprint density at radius 2 is 1.67 bits per heavy atom. The number of nitrogens with two attached hydrogens (primary N) is 1. The van der Waals surface area contributed by atoms with E-state index in [-0.39, 0.29) is 29.9 Å². The van der Waals surface area contributed by atoms with Crippen molar-refractivity contribution in [1.29, 1.82) is 0 Å². The molecule has 4 N–H and O–H groups in total. The van der Waals surface area contributed by atoms with Gasteiger partial charge in [0.1, 0.15) is 0 Å². The summed E-state index contributed by atoms with van der Waals surface area (Å²) in [7, 11) is 1.61. The van der Waals surface area contributed by atoms with Gasteiger partial charge in [0.05, 0.1) is 6.54 Å². The van der Waals surface area contributed by atoms with Crippen molar-refractivity contribution in [2.75, 3.05) is 12.4 Å². The average molecular weight is 438 g/mol. The molecular weight excluding hydrogens is 415 g/mol. The van der Waals surface area contributed by atoms with Crippen LogP contribution in [0.5, 0.6) is 0 Å². The van der Waals surface area contributed by atoms with Crippen LogP contribution in [0.4, 0.5) is 5.69 Å². The molecule has 5 nitrogen and oxygen atoms in total. The third-order valence-electron chi connectivity index (χ3n) is 3.37. The maximum Gasteiger partial charge on any atom is 0.251 e. The van der Waals surface area contributed by atoms with Crippen molar-refractivity contribution in [2.45, 2.75) is 20.4 Å². The fourth-order valence-electron chi connectivity index (χ4n) is 2.32. The Hall–Kier alpha value is -2.09. The lowest BCUT2D eigenvalue weighted by molar-refractivity contribution is 0.0963. The van der Waals surface area contributed by atoms with Crippen LogP contribution in [-0.2, 0) is 6.54 Å². The van der Waals surface area contributed by atoms with Gasteiger partial charge in [0.2, 0.25) is 0 Å². The van der Waals surface area contributed by atoms with E-state index in [0.29, 0.717) is 18.1 Å². The number of rotatable bonds is 4. The van der Waals surface area contributed by atoms with Gasteiger partial charge in [-0.2, -0.15) is 0 Å². The van der Waals surface area contributed by atoms with E-state index in [0.717, 1.165) is 11.3 Å². The smallest absolute Gasteiger partial charge is 0.251 e. The van der Waals surface area contributed by atoms with Gasteiger partial charge in [0.25, 0.3) is 5.91 Å². The Morgan fingerprint density at radius 1 is 1.08 bits per heavy atom. The molecule has 0 saturated heterocycles. The minimum atomic E-state index is -0.101. The van der Waals surface area contributed by atoms with Gasteiger partial charge in [-0.25, -0.2) is 4.99 Å². The van der Waals surface area contributed by atoms with Crippen molar-refractivity contribution in [3.05, 3.63) is 64.7 Å². The van der Waals surface area contributed by atoms with E-state index >= 15 is 0 Å². The summed E-state index contributed by atoms with van der Waals surface area (Å²) >= 11 is 0. The van der Waals surface area contributed by atoms with Crippen LogP contribution in [0, 0.1) is 13.8 Å². The summed E-state index contributed by atoms with van der Waals surface area (Å²) in [5.41, 5.74) is 10.8. The van der Waals surface area contributed by atoms with Crippen LogP contribution in [0.3, 0.4) is 0 Å². The minimum absolute atomic E-state index is 0. The number of nitrogens with one attached hydrogen (secondary N) is 2. The van der Waals surface area contributed by atoms with E-state index in [4.69, 9.17) is 5.73 Å². The van der Waals surface area contributed by atoms with E-state index in [9.17, 15) is 4.79 Å². The molecular formula is C18H23IN4O. The molecule has 0 aromatic heterocycles. The number of anilines is 1. The first-order chi connectivity index (χ1) is 11.0. The molecule has 0 spiro atoms. The highest BCUT2D eigenvalue weighted by Crippen LogP contribution is 2.13. The van der Waals surface area contributed by atoms with Crippen LogP contribution in [0.1, 0.15) is 27.0 Å². The number of nitrogens with zero attached hydrogens (tertiary/aromatic N) is 1. The third kappa shape index (κ3) is 5.84. The van der Waals surface area contributed by atoms with E-state index in [1.54, 1.807) is 19.2 Å². The molecule has 0 aliphatic heterocycles. The van der Waals surface area contributed by atoms with Crippen LogP contribution in [0.15, 0.2) is 47.5 Å². The summed E-state index contributed by atoms with van der Waals surface area (Å²) in [5.74, 6) is 0.265.